The molecule has 0 aliphatic heterocycles. The zero-order valence-corrected chi connectivity index (χ0v) is 5.45. The number of rotatable bonds is 0. The van der Waals surface area contributed by atoms with Gasteiger partial charge in [-0.05, 0) is 0 Å². The topological polar surface area (TPSA) is 115 Å². The van der Waals surface area contributed by atoms with Gasteiger partial charge in [-0.25, -0.2) is 4.57 Å². The van der Waals surface area contributed by atoms with Gasteiger partial charge in [-0.3, -0.25) is 4.79 Å². The summed E-state index contributed by atoms with van der Waals surface area (Å²) < 4.78 is 8.88. The molecule has 0 aromatic carbocycles. The van der Waals surface area contributed by atoms with E-state index >= 15 is 0 Å². The van der Waals surface area contributed by atoms with Crippen LogP contribution in [0.25, 0.3) is 0 Å². The number of aliphatic carboxylic acids is 1. The average Bonchev–Trinajstić information content (AvgIpc) is 1.19. The summed E-state index contributed by atoms with van der Waals surface area (Å²) in [5.41, 5.74) is 0. The molecular formula is C2H9KNaO6P. The number of hydrogen-bond acceptors (Lipinski definition) is 2. The van der Waals surface area contributed by atoms with Crippen molar-refractivity contribution in [2.75, 3.05) is 0 Å². The van der Waals surface area contributed by atoms with Crippen LogP contribution >= 0.6 is 7.82 Å². The molecule has 0 spiro atoms. The number of carboxylic acid groups (broad SMARTS) is 1. The predicted molar refractivity (Wildman–Crippen MR) is 41.9 cm³/mol. The molecule has 0 fully saturated rings. The Labute approximate surface area is 128 Å². The zero-order valence-electron chi connectivity index (χ0n) is 4.55. The molecule has 4 N–H and O–H groups in total. The van der Waals surface area contributed by atoms with E-state index in [1.54, 1.807) is 0 Å². The molecule has 9 heteroatoms. The molecular weight excluding hydrogens is 213 g/mol. The van der Waals surface area contributed by atoms with Gasteiger partial charge in [-0.1, -0.05) is 0 Å². The van der Waals surface area contributed by atoms with Gasteiger partial charge in [-0.15, -0.1) is 0 Å². The van der Waals surface area contributed by atoms with E-state index < -0.39 is 13.8 Å². The van der Waals surface area contributed by atoms with Crippen molar-refractivity contribution in [3.63, 3.8) is 0 Å². The summed E-state index contributed by atoms with van der Waals surface area (Å²) in [6.45, 7) is 1.08. The molecule has 0 aromatic heterocycles. The second kappa shape index (κ2) is 12.2. The first-order valence-corrected chi connectivity index (χ1v) is 3.28. The fraction of sp³-hybridized carbons (Fsp3) is 0.500. The van der Waals surface area contributed by atoms with Crippen molar-refractivity contribution in [2.45, 2.75) is 6.92 Å². The van der Waals surface area contributed by atoms with E-state index in [0.717, 1.165) is 6.92 Å². The first-order chi connectivity index (χ1) is 3.73. The molecule has 0 radical (unpaired) electrons. The molecule has 0 unspecified atom stereocenters. The minimum absolute atomic E-state index is 0. The average molecular weight is 222 g/mol. The summed E-state index contributed by atoms with van der Waals surface area (Å²) in [5, 5.41) is 7.42. The van der Waals surface area contributed by atoms with E-state index in [2.05, 4.69) is 0 Å². The maximum absolute atomic E-state index is 9.00. The Kier molecular flexibility index (Phi) is 25.8. The molecule has 0 rings (SSSR count). The van der Waals surface area contributed by atoms with Crippen LogP contribution in [0.2, 0.25) is 0 Å². The van der Waals surface area contributed by atoms with Crippen LogP contribution in [-0.4, -0.2) is 107 Å². The number of phosphoric acid groups is 1. The van der Waals surface area contributed by atoms with E-state index in [9.17, 15) is 0 Å². The van der Waals surface area contributed by atoms with Crippen LogP contribution in [0.3, 0.4) is 0 Å². The molecule has 0 aliphatic carbocycles. The quantitative estimate of drug-likeness (QED) is 0.275. The molecule has 0 bridgehead atoms. The zero-order chi connectivity index (χ0) is 8.08. The first-order valence-electron chi connectivity index (χ1n) is 1.71. The Morgan fingerprint density at radius 1 is 1.27 bits per heavy atom. The second-order valence-corrected chi connectivity index (χ2v) is 2.06. The van der Waals surface area contributed by atoms with Crippen molar-refractivity contribution in [3.05, 3.63) is 0 Å². The standard InChI is InChI=1S/C2H4O2.K.Na.H3O4P.2H/c1-2(3)4;;;1-5(2,3)4;;/h1H3,(H,3,4);;;(H3,1,2,3,4);;. The van der Waals surface area contributed by atoms with Crippen molar-refractivity contribution >= 4 is 94.7 Å². The van der Waals surface area contributed by atoms with E-state index in [0.29, 0.717) is 0 Å². The van der Waals surface area contributed by atoms with Gasteiger partial charge in [0, 0.05) is 6.92 Å². The third kappa shape index (κ3) is 260. The van der Waals surface area contributed by atoms with Gasteiger partial charge in [0.15, 0.2) is 0 Å². The summed E-state index contributed by atoms with van der Waals surface area (Å²) in [6, 6.07) is 0. The number of hydrogen-bond donors (Lipinski definition) is 4. The summed E-state index contributed by atoms with van der Waals surface area (Å²) >= 11 is 0. The van der Waals surface area contributed by atoms with Gasteiger partial charge in [0.2, 0.25) is 0 Å². The molecule has 0 saturated heterocycles. The molecule has 0 amide bonds. The van der Waals surface area contributed by atoms with Gasteiger partial charge < -0.3 is 19.8 Å². The summed E-state index contributed by atoms with van der Waals surface area (Å²) in [6.07, 6.45) is 0. The van der Waals surface area contributed by atoms with Gasteiger partial charge in [0.1, 0.15) is 0 Å². The summed E-state index contributed by atoms with van der Waals surface area (Å²) in [4.78, 5) is 30.6. The van der Waals surface area contributed by atoms with Crippen LogP contribution in [0.4, 0.5) is 0 Å². The number of carbonyl (C=O) groups is 1. The van der Waals surface area contributed by atoms with E-state index in [-0.39, 0.29) is 80.9 Å². The van der Waals surface area contributed by atoms with Crippen molar-refractivity contribution in [1.82, 2.24) is 0 Å². The van der Waals surface area contributed by atoms with Gasteiger partial charge in [0.25, 0.3) is 5.97 Å². The molecule has 0 saturated carbocycles. The van der Waals surface area contributed by atoms with Crippen LogP contribution in [0.5, 0.6) is 0 Å². The Balaban J connectivity index is -0.0000000383. The maximum atomic E-state index is 9.00. The molecule has 11 heavy (non-hydrogen) atoms. The third-order valence-corrected chi connectivity index (χ3v) is 0. The first kappa shape index (κ1) is 23.2. The second-order valence-electron chi connectivity index (χ2n) is 1.03. The van der Waals surface area contributed by atoms with Gasteiger partial charge >= 0.3 is 88.8 Å². The fourth-order valence-corrected chi connectivity index (χ4v) is 0. The van der Waals surface area contributed by atoms with Gasteiger partial charge in [0.05, 0.1) is 0 Å². The Bertz CT molecular complexity index is 120. The third-order valence-electron chi connectivity index (χ3n) is 0. The van der Waals surface area contributed by atoms with Crippen molar-refractivity contribution in [2.24, 2.45) is 0 Å². The van der Waals surface area contributed by atoms with Crippen molar-refractivity contribution in [3.8, 4) is 0 Å². The van der Waals surface area contributed by atoms with Crippen LogP contribution in [-0.2, 0) is 9.36 Å². The van der Waals surface area contributed by atoms with Gasteiger partial charge in [-0.2, -0.15) is 0 Å². The monoisotopic (exact) mass is 222 g/mol. The van der Waals surface area contributed by atoms with Crippen LogP contribution < -0.4 is 0 Å². The minimum atomic E-state index is -4.64. The normalized spacial score (nSPS) is 7.64. The van der Waals surface area contributed by atoms with E-state index in [1.165, 1.54) is 0 Å². The van der Waals surface area contributed by atoms with E-state index in [4.69, 9.17) is 29.1 Å². The molecule has 0 heterocycles. The van der Waals surface area contributed by atoms with E-state index in [1.807, 2.05) is 0 Å². The van der Waals surface area contributed by atoms with Crippen LogP contribution in [0.1, 0.15) is 6.92 Å². The summed E-state index contributed by atoms with van der Waals surface area (Å²) in [7, 11) is -4.64. The molecule has 6 nitrogen and oxygen atoms in total. The van der Waals surface area contributed by atoms with Crippen LogP contribution in [0.15, 0.2) is 0 Å². The Morgan fingerprint density at radius 3 is 1.27 bits per heavy atom. The molecule has 60 valence electrons. The van der Waals surface area contributed by atoms with Crippen molar-refractivity contribution in [1.29, 1.82) is 0 Å². The summed E-state index contributed by atoms with van der Waals surface area (Å²) in [5.74, 6) is -0.833. The molecule has 0 aliphatic rings. The molecule has 0 atom stereocenters. The number of carboxylic acids is 1. The molecule has 0 aromatic rings. The fourth-order valence-electron chi connectivity index (χ4n) is 0. The Morgan fingerprint density at radius 2 is 1.27 bits per heavy atom. The van der Waals surface area contributed by atoms with Crippen LogP contribution in [0, 0.1) is 0 Å². The Hall–Kier alpha value is 2.22. The predicted octanol–water partition coefficient (Wildman–Crippen LogP) is -2.13. The van der Waals surface area contributed by atoms with Crippen molar-refractivity contribution < 1.29 is 29.1 Å². The SMILES string of the molecule is CC(=O)O.O=P(O)(O)O.[KH].[NaH].